The summed E-state index contributed by atoms with van der Waals surface area (Å²) >= 11 is 0. The fourth-order valence-corrected chi connectivity index (χ4v) is 6.37. The molecule has 1 aromatic heterocycles. The van der Waals surface area contributed by atoms with Crippen LogP contribution in [0, 0.1) is 0 Å². The highest BCUT2D eigenvalue weighted by atomic mass is 16.2. The number of fused-ring (bicyclic) bond motifs is 3. The molecule has 2 unspecified atom stereocenters. The van der Waals surface area contributed by atoms with Crippen molar-refractivity contribution in [2.45, 2.75) is 63.6 Å². The van der Waals surface area contributed by atoms with Crippen LogP contribution in [-0.2, 0) is 6.54 Å². The van der Waals surface area contributed by atoms with Gasteiger partial charge in [0.1, 0.15) is 5.82 Å². The molecule has 0 saturated carbocycles. The van der Waals surface area contributed by atoms with Gasteiger partial charge in [-0.3, -0.25) is 14.6 Å². The molecule has 2 atom stereocenters. The molecule has 1 aromatic carbocycles. The molecule has 180 valence electrons. The van der Waals surface area contributed by atoms with E-state index in [1.165, 1.54) is 25.7 Å². The number of urea groups is 1. The van der Waals surface area contributed by atoms with Crippen LogP contribution >= 0.6 is 0 Å². The van der Waals surface area contributed by atoms with Gasteiger partial charge in [0.2, 0.25) is 0 Å². The van der Waals surface area contributed by atoms with Gasteiger partial charge in [0.05, 0.1) is 23.8 Å². The van der Waals surface area contributed by atoms with Crippen LogP contribution in [0.1, 0.15) is 62.4 Å². The Balaban J connectivity index is 1.50. The molecule has 1 N–H and O–H groups in total. The lowest BCUT2D eigenvalue weighted by Gasteiger charge is -2.45. The Bertz CT molecular complexity index is 1090. The SMILES string of the molecule is O=C1N(c2ccccc2)c2nc(CN3CCCC3)[nH]c(=O)c2C2C(N3CCCC3)CCCCN12. The van der Waals surface area contributed by atoms with Crippen LogP contribution in [-0.4, -0.2) is 69.5 Å². The number of rotatable bonds is 4. The Morgan fingerprint density at radius 3 is 2.35 bits per heavy atom. The summed E-state index contributed by atoms with van der Waals surface area (Å²) < 4.78 is 0. The smallest absolute Gasteiger partial charge is 0.315 e. The lowest BCUT2D eigenvalue weighted by atomic mass is 9.93. The number of aromatic amines is 1. The number of H-pyrrole nitrogens is 1. The van der Waals surface area contributed by atoms with E-state index >= 15 is 0 Å². The minimum atomic E-state index is -0.250. The quantitative estimate of drug-likeness (QED) is 0.751. The van der Waals surface area contributed by atoms with E-state index in [1.54, 1.807) is 4.90 Å². The van der Waals surface area contributed by atoms with E-state index in [0.717, 1.165) is 51.1 Å². The highest BCUT2D eigenvalue weighted by molar-refractivity contribution is 6.01. The largest absolute Gasteiger partial charge is 0.330 e. The first kappa shape index (κ1) is 21.8. The van der Waals surface area contributed by atoms with Gasteiger partial charge < -0.3 is 9.88 Å². The molecule has 0 radical (unpaired) electrons. The minimum absolute atomic E-state index is 0.0555. The minimum Gasteiger partial charge on any atom is -0.315 e. The first-order chi connectivity index (χ1) is 16.7. The molecule has 3 saturated heterocycles. The Morgan fingerprint density at radius 2 is 1.59 bits per heavy atom. The second-order valence-electron chi connectivity index (χ2n) is 10.1. The summed E-state index contributed by atoms with van der Waals surface area (Å²) in [6.45, 7) is 5.42. The number of nitrogens with one attached hydrogen (secondary N) is 1. The van der Waals surface area contributed by atoms with Gasteiger partial charge >= 0.3 is 6.03 Å². The molecule has 2 aromatic rings. The maximum atomic E-state index is 14.1. The Labute approximate surface area is 200 Å². The number of hydrogen-bond donors (Lipinski definition) is 1. The summed E-state index contributed by atoms with van der Waals surface area (Å²) in [4.78, 5) is 44.4. The van der Waals surface area contributed by atoms with Gasteiger partial charge in [0.15, 0.2) is 5.82 Å². The molecule has 4 aliphatic rings. The summed E-state index contributed by atoms with van der Waals surface area (Å²) in [5, 5.41) is 0. The first-order valence-electron chi connectivity index (χ1n) is 13.0. The van der Waals surface area contributed by atoms with Crippen molar-refractivity contribution in [1.82, 2.24) is 24.7 Å². The zero-order valence-electron chi connectivity index (χ0n) is 19.8. The van der Waals surface area contributed by atoms with Crippen molar-refractivity contribution in [2.24, 2.45) is 0 Å². The number of nitrogens with zero attached hydrogens (tertiary/aromatic N) is 5. The van der Waals surface area contributed by atoms with Crippen LogP contribution < -0.4 is 10.5 Å². The molecule has 2 amide bonds. The average molecular weight is 463 g/mol. The predicted molar refractivity (Wildman–Crippen MR) is 131 cm³/mol. The van der Waals surface area contributed by atoms with E-state index in [9.17, 15) is 9.59 Å². The molecule has 0 bridgehead atoms. The van der Waals surface area contributed by atoms with E-state index < -0.39 is 0 Å². The summed E-state index contributed by atoms with van der Waals surface area (Å²) in [5.41, 5.74) is 1.33. The van der Waals surface area contributed by atoms with Crippen molar-refractivity contribution in [3.8, 4) is 0 Å². The molecule has 3 fully saturated rings. The standard InChI is InChI=1S/C26H34N6O2/c33-25-22-23-20(30-15-8-9-16-30)12-4-5-17-31(23)26(34)32(19-10-2-1-3-11-19)24(22)27-21(28-25)18-29-13-6-7-14-29/h1-3,10-11,20,23H,4-9,12-18H2,(H,27,28,33). The van der Waals surface area contributed by atoms with Crippen molar-refractivity contribution in [3.05, 3.63) is 52.1 Å². The predicted octanol–water partition coefficient (Wildman–Crippen LogP) is 3.63. The second-order valence-corrected chi connectivity index (χ2v) is 10.1. The monoisotopic (exact) mass is 462 g/mol. The maximum absolute atomic E-state index is 14.1. The summed E-state index contributed by atoms with van der Waals surface area (Å²) in [6.07, 6.45) is 7.77. The molecule has 5 heterocycles. The number of aromatic nitrogens is 2. The third-order valence-electron chi connectivity index (χ3n) is 7.97. The first-order valence-corrected chi connectivity index (χ1v) is 13.0. The van der Waals surface area contributed by atoms with E-state index in [0.29, 0.717) is 30.3 Å². The van der Waals surface area contributed by atoms with Crippen molar-refractivity contribution in [2.75, 3.05) is 37.6 Å². The zero-order valence-corrected chi connectivity index (χ0v) is 19.8. The Kier molecular flexibility index (Phi) is 5.87. The lowest BCUT2D eigenvalue weighted by Crippen LogP contribution is -2.55. The van der Waals surface area contributed by atoms with Gasteiger partial charge in [-0.1, -0.05) is 24.6 Å². The summed E-state index contributed by atoms with van der Waals surface area (Å²) in [6, 6.07) is 9.53. The number of anilines is 2. The van der Waals surface area contributed by atoms with E-state index in [1.807, 2.05) is 35.2 Å². The van der Waals surface area contributed by atoms with Gasteiger partial charge in [-0.2, -0.15) is 0 Å². The van der Waals surface area contributed by atoms with Gasteiger partial charge in [0.25, 0.3) is 5.56 Å². The third kappa shape index (κ3) is 3.82. The highest BCUT2D eigenvalue weighted by Gasteiger charge is 2.47. The van der Waals surface area contributed by atoms with Gasteiger partial charge in [0, 0.05) is 12.6 Å². The molecular formula is C26H34N6O2. The summed E-state index contributed by atoms with van der Waals surface area (Å²) in [7, 11) is 0. The van der Waals surface area contributed by atoms with Crippen molar-refractivity contribution >= 4 is 17.5 Å². The zero-order chi connectivity index (χ0) is 23.1. The number of likely N-dealkylation sites (tertiary alicyclic amines) is 2. The number of carbonyl (C=O) groups is 1. The van der Waals surface area contributed by atoms with E-state index in [2.05, 4.69) is 14.8 Å². The van der Waals surface area contributed by atoms with Crippen LogP contribution in [0.25, 0.3) is 0 Å². The molecule has 0 aliphatic carbocycles. The van der Waals surface area contributed by atoms with Crippen LogP contribution in [0.5, 0.6) is 0 Å². The van der Waals surface area contributed by atoms with Gasteiger partial charge in [-0.15, -0.1) is 0 Å². The third-order valence-corrected chi connectivity index (χ3v) is 7.97. The van der Waals surface area contributed by atoms with Crippen LogP contribution in [0.15, 0.2) is 35.1 Å². The maximum Gasteiger partial charge on any atom is 0.330 e. The van der Waals surface area contributed by atoms with Crippen molar-refractivity contribution < 1.29 is 4.79 Å². The number of para-hydroxylation sites is 1. The highest BCUT2D eigenvalue weighted by Crippen LogP contribution is 2.43. The van der Waals surface area contributed by atoms with Gasteiger partial charge in [-0.25, -0.2) is 14.7 Å². The molecule has 6 rings (SSSR count). The van der Waals surface area contributed by atoms with Crippen molar-refractivity contribution in [3.63, 3.8) is 0 Å². The van der Waals surface area contributed by atoms with E-state index in [-0.39, 0.29) is 23.7 Å². The molecule has 4 aliphatic heterocycles. The lowest BCUT2D eigenvalue weighted by molar-refractivity contribution is 0.114. The fraction of sp³-hybridized carbons (Fsp3) is 0.577. The van der Waals surface area contributed by atoms with Crippen LogP contribution in [0.2, 0.25) is 0 Å². The average Bonchev–Trinajstić information content (AvgIpc) is 3.51. The molecule has 8 nitrogen and oxygen atoms in total. The van der Waals surface area contributed by atoms with Crippen LogP contribution in [0.3, 0.4) is 0 Å². The molecular weight excluding hydrogens is 428 g/mol. The van der Waals surface area contributed by atoms with E-state index in [4.69, 9.17) is 4.98 Å². The number of amides is 2. The fourth-order valence-electron chi connectivity index (χ4n) is 6.37. The normalized spacial score (nSPS) is 25.9. The second kappa shape index (κ2) is 9.15. The molecule has 8 heteroatoms. The number of hydrogen-bond acceptors (Lipinski definition) is 5. The topological polar surface area (TPSA) is 75.8 Å². The molecule has 0 spiro atoms. The van der Waals surface area contributed by atoms with Crippen molar-refractivity contribution in [1.29, 1.82) is 0 Å². The van der Waals surface area contributed by atoms with Crippen LogP contribution in [0.4, 0.5) is 16.3 Å². The van der Waals surface area contributed by atoms with Gasteiger partial charge in [-0.05, 0) is 76.8 Å². The number of carbonyl (C=O) groups excluding carboxylic acids is 1. The Hall–Kier alpha value is -2.71. The Morgan fingerprint density at radius 1 is 0.882 bits per heavy atom. The summed E-state index contributed by atoms with van der Waals surface area (Å²) in [5.74, 6) is 1.18. The number of benzene rings is 1. The molecule has 34 heavy (non-hydrogen) atoms.